The lowest BCUT2D eigenvalue weighted by atomic mass is 10.1. The minimum Gasteiger partial charge on any atom is -0.494 e. The highest BCUT2D eigenvalue weighted by Gasteiger charge is 2.30. The van der Waals surface area contributed by atoms with Gasteiger partial charge in [-0.1, -0.05) is 36.4 Å². The van der Waals surface area contributed by atoms with Crippen LogP contribution in [0.25, 0.3) is 10.8 Å². The normalized spacial score (nSPS) is 12.5. The van der Waals surface area contributed by atoms with E-state index < -0.39 is 0 Å². The third-order valence-corrected chi connectivity index (χ3v) is 4.65. The van der Waals surface area contributed by atoms with E-state index in [2.05, 4.69) is 5.32 Å². The average molecular weight is 360 g/mol. The van der Waals surface area contributed by atoms with Crippen molar-refractivity contribution < 1.29 is 14.3 Å². The van der Waals surface area contributed by atoms with E-state index in [1.165, 1.54) is 0 Å². The van der Waals surface area contributed by atoms with Crippen molar-refractivity contribution in [3.63, 3.8) is 0 Å². The molecule has 3 aromatic carbocycles. The summed E-state index contributed by atoms with van der Waals surface area (Å²) in [5.74, 6) is 0.450. The van der Waals surface area contributed by atoms with Gasteiger partial charge in [-0.2, -0.15) is 0 Å². The van der Waals surface area contributed by atoms with Gasteiger partial charge in [-0.3, -0.25) is 14.5 Å². The standard InChI is InChI=1S/C22H20N2O3/c1-2-27-17-9-3-6-15(12-17)13-23-20(25)14-24-19-11-5-8-16-7-4-10-18(21(16)19)22(24)26/h3-12H,2,13-14H2,1H3,(H,23,25). The molecule has 5 nitrogen and oxygen atoms in total. The van der Waals surface area contributed by atoms with E-state index in [0.717, 1.165) is 27.8 Å². The predicted molar refractivity (Wildman–Crippen MR) is 105 cm³/mol. The van der Waals surface area contributed by atoms with Crippen LogP contribution < -0.4 is 15.0 Å². The number of amides is 2. The molecule has 136 valence electrons. The highest BCUT2D eigenvalue weighted by Crippen LogP contribution is 2.36. The minimum atomic E-state index is -0.199. The molecule has 0 atom stereocenters. The fourth-order valence-corrected chi connectivity index (χ4v) is 3.45. The Balaban J connectivity index is 1.46. The van der Waals surface area contributed by atoms with Gasteiger partial charge < -0.3 is 10.1 Å². The molecule has 0 aliphatic carbocycles. The maximum Gasteiger partial charge on any atom is 0.259 e. The number of carbonyl (C=O) groups excluding carboxylic acids is 2. The molecule has 1 N–H and O–H groups in total. The fourth-order valence-electron chi connectivity index (χ4n) is 3.45. The molecule has 5 heteroatoms. The average Bonchev–Trinajstić information content (AvgIpc) is 2.95. The van der Waals surface area contributed by atoms with E-state index in [-0.39, 0.29) is 18.4 Å². The van der Waals surface area contributed by atoms with Crippen LogP contribution in [0.2, 0.25) is 0 Å². The molecular formula is C22H20N2O3. The molecule has 0 aromatic heterocycles. The van der Waals surface area contributed by atoms with Gasteiger partial charge >= 0.3 is 0 Å². The maximum atomic E-state index is 12.7. The monoisotopic (exact) mass is 360 g/mol. The molecule has 1 aliphatic rings. The van der Waals surface area contributed by atoms with Gasteiger partial charge in [0.15, 0.2) is 0 Å². The van der Waals surface area contributed by atoms with E-state index in [0.29, 0.717) is 18.7 Å². The zero-order valence-corrected chi connectivity index (χ0v) is 15.1. The smallest absolute Gasteiger partial charge is 0.259 e. The Kier molecular flexibility index (Phi) is 4.50. The van der Waals surface area contributed by atoms with Gasteiger partial charge in [0.05, 0.1) is 12.3 Å². The number of rotatable bonds is 6. The van der Waals surface area contributed by atoms with Crippen LogP contribution in [0, 0.1) is 0 Å². The molecule has 0 saturated heterocycles. The third kappa shape index (κ3) is 3.24. The van der Waals surface area contributed by atoms with Crippen molar-refractivity contribution >= 4 is 28.3 Å². The van der Waals surface area contributed by atoms with E-state index in [9.17, 15) is 9.59 Å². The first-order chi connectivity index (χ1) is 13.2. The zero-order valence-electron chi connectivity index (χ0n) is 15.1. The number of carbonyl (C=O) groups is 2. The highest BCUT2D eigenvalue weighted by atomic mass is 16.5. The summed E-state index contributed by atoms with van der Waals surface area (Å²) in [5.41, 5.74) is 2.40. The first-order valence-corrected chi connectivity index (χ1v) is 8.99. The molecule has 1 aliphatic heterocycles. The van der Waals surface area contributed by atoms with Crippen molar-refractivity contribution in [2.45, 2.75) is 13.5 Å². The molecule has 4 rings (SSSR count). The van der Waals surface area contributed by atoms with Gasteiger partial charge in [-0.05, 0) is 42.1 Å². The van der Waals surface area contributed by atoms with Crippen LogP contribution in [0.4, 0.5) is 5.69 Å². The van der Waals surface area contributed by atoms with E-state index in [4.69, 9.17) is 4.74 Å². The second-order valence-corrected chi connectivity index (χ2v) is 6.43. The Bertz CT molecular complexity index is 1020. The molecule has 0 spiro atoms. The predicted octanol–water partition coefficient (Wildman–Crippen LogP) is 3.52. The Morgan fingerprint density at radius 2 is 1.85 bits per heavy atom. The van der Waals surface area contributed by atoms with Gasteiger partial charge in [0.1, 0.15) is 12.3 Å². The lowest BCUT2D eigenvalue weighted by Crippen LogP contribution is -2.38. The van der Waals surface area contributed by atoms with Crippen LogP contribution in [0.1, 0.15) is 22.8 Å². The van der Waals surface area contributed by atoms with Gasteiger partial charge in [0, 0.05) is 17.5 Å². The van der Waals surface area contributed by atoms with Crippen molar-refractivity contribution in [1.82, 2.24) is 5.32 Å². The second kappa shape index (κ2) is 7.11. The molecule has 0 radical (unpaired) electrons. The molecule has 27 heavy (non-hydrogen) atoms. The first-order valence-electron chi connectivity index (χ1n) is 8.99. The van der Waals surface area contributed by atoms with Crippen LogP contribution in [-0.2, 0) is 11.3 Å². The molecule has 1 heterocycles. The summed E-state index contributed by atoms with van der Waals surface area (Å²) in [7, 11) is 0. The topological polar surface area (TPSA) is 58.6 Å². The van der Waals surface area contributed by atoms with E-state index in [1.54, 1.807) is 4.90 Å². The van der Waals surface area contributed by atoms with Gasteiger partial charge in [-0.15, -0.1) is 0 Å². The second-order valence-electron chi connectivity index (χ2n) is 6.43. The number of hydrogen-bond donors (Lipinski definition) is 1. The number of anilines is 1. The van der Waals surface area contributed by atoms with Gasteiger partial charge in [0.25, 0.3) is 5.91 Å². The number of hydrogen-bond acceptors (Lipinski definition) is 3. The zero-order chi connectivity index (χ0) is 18.8. The van der Waals surface area contributed by atoms with E-state index >= 15 is 0 Å². The number of ether oxygens (including phenoxy) is 1. The Morgan fingerprint density at radius 1 is 1.07 bits per heavy atom. The summed E-state index contributed by atoms with van der Waals surface area (Å²) in [6.45, 7) is 2.91. The van der Waals surface area contributed by atoms with Gasteiger partial charge in [0.2, 0.25) is 5.91 Å². The molecule has 0 unspecified atom stereocenters. The molecule has 0 bridgehead atoms. The van der Waals surface area contributed by atoms with Crippen molar-refractivity contribution in [3.8, 4) is 5.75 Å². The summed E-state index contributed by atoms with van der Waals surface area (Å²) < 4.78 is 5.48. The van der Waals surface area contributed by atoms with Crippen molar-refractivity contribution in [2.24, 2.45) is 0 Å². The number of benzene rings is 3. The summed E-state index contributed by atoms with van der Waals surface area (Å²) in [6.07, 6.45) is 0. The molecule has 0 saturated carbocycles. The largest absolute Gasteiger partial charge is 0.494 e. The van der Waals surface area contributed by atoms with Crippen molar-refractivity contribution in [3.05, 3.63) is 71.8 Å². The Morgan fingerprint density at radius 3 is 2.67 bits per heavy atom. The first kappa shape index (κ1) is 17.1. The summed E-state index contributed by atoms with van der Waals surface area (Å²) in [6, 6.07) is 19.0. The summed E-state index contributed by atoms with van der Waals surface area (Å²) in [5, 5.41) is 4.81. The number of nitrogens with one attached hydrogen (secondary N) is 1. The molecule has 0 fully saturated rings. The van der Waals surface area contributed by atoms with Crippen molar-refractivity contribution in [1.29, 1.82) is 0 Å². The maximum absolute atomic E-state index is 12.7. The summed E-state index contributed by atoms with van der Waals surface area (Å²) >= 11 is 0. The lowest BCUT2D eigenvalue weighted by molar-refractivity contribution is -0.119. The highest BCUT2D eigenvalue weighted by molar-refractivity contribution is 6.26. The minimum absolute atomic E-state index is 0.00220. The van der Waals surface area contributed by atoms with Crippen LogP contribution in [0.5, 0.6) is 5.75 Å². The molecule has 3 aromatic rings. The number of nitrogens with zero attached hydrogens (tertiary/aromatic N) is 1. The quantitative estimate of drug-likeness (QED) is 0.732. The lowest BCUT2D eigenvalue weighted by Gasteiger charge is -2.17. The third-order valence-electron chi connectivity index (χ3n) is 4.65. The van der Waals surface area contributed by atoms with Crippen molar-refractivity contribution in [2.75, 3.05) is 18.1 Å². The summed E-state index contributed by atoms with van der Waals surface area (Å²) in [4.78, 5) is 26.7. The fraction of sp³-hybridized carbons (Fsp3) is 0.182. The SMILES string of the molecule is CCOc1cccc(CNC(=O)CN2C(=O)c3cccc4cccc2c34)c1. The molecule has 2 amide bonds. The van der Waals surface area contributed by atoms with Gasteiger partial charge in [-0.25, -0.2) is 0 Å². The van der Waals surface area contributed by atoms with Crippen LogP contribution in [0.3, 0.4) is 0 Å². The van der Waals surface area contributed by atoms with Crippen LogP contribution >= 0.6 is 0 Å². The van der Waals surface area contributed by atoms with E-state index in [1.807, 2.05) is 67.6 Å². The van der Waals surface area contributed by atoms with Crippen LogP contribution in [0.15, 0.2) is 60.7 Å². The molecular weight excluding hydrogens is 340 g/mol. The van der Waals surface area contributed by atoms with Crippen LogP contribution in [-0.4, -0.2) is 25.0 Å². The Labute approximate surface area is 157 Å². The Hall–Kier alpha value is -3.34.